The molecule has 6 heteroatoms. The molecule has 0 amide bonds. The predicted octanol–water partition coefficient (Wildman–Crippen LogP) is 2.82. The lowest BCUT2D eigenvalue weighted by Gasteiger charge is -2.22. The first-order chi connectivity index (χ1) is 11.9. The van der Waals surface area contributed by atoms with Crippen molar-refractivity contribution < 1.29 is 0 Å². The first-order valence-electron chi connectivity index (χ1n) is 7.55. The second kappa shape index (κ2) is 6.37. The zero-order chi connectivity index (χ0) is 16.2. The van der Waals surface area contributed by atoms with E-state index in [-0.39, 0.29) is 0 Å². The second-order valence-corrected chi connectivity index (χ2v) is 5.18. The Morgan fingerprint density at radius 2 is 1.71 bits per heavy atom. The van der Waals surface area contributed by atoms with E-state index in [0.717, 1.165) is 35.0 Å². The molecule has 0 radical (unpaired) electrons. The van der Waals surface area contributed by atoms with Crippen LogP contribution in [0.15, 0.2) is 72.5 Å². The van der Waals surface area contributed by atoms with Crippen molar-refractivity contribution in [3.05, 3.63) is 73.2 Å². The molecular formula is C18H14N6. The Bertz CT molecular complexity index is 890. The van der Waals surface area contributed by atoms with E-state index in [1.165, 1.54) is 0 Å². The third-order valence-corrected chi connectivity index (χ3v) is 3.62. The van der Waals surface area contributed by atoms with Crippen LogP contribution in [0.2, 0.25) is 0 Å². The summed E-state index contributed by atoms with van der Waals surface area (Å²) in [6, 6.07) is 9.75. The van der Waals surface area contributed by atoms with Gasteiger partial charge in [-0.3, -0.25) is 19.9 Å². The largest absolute Gasteiger partial charge is 0.340 e. The van der Waals surface area contributed by atoms with Crippen LogP contribution in [-0.2, 0) is 0 Å². The lowest BCUT2D eigenvalue weighted by molar-refractivity contribution is 1.09. The molecule has 0 fully saturated rings. The molecule has 6 nitrogen and oxygen atoms in total. The summed E-state index contributed by atoms with van der Waals surface area (Å²) in [7, 11) is 0. The van der Waals surface area contributed by atoms with Gasteiger partial charge in [-0.15, -0.1) is 0 Å². The highest BCUT2D eigenvalue weighted by Crippen LogP contribution is 2.23. The second-order valence-electron chi connectivity index (χ2n) is 5.18. The normalized spacial score (nSPS) is 13.7. The molecule has 3 aromatic heterocycles. The Morgan fingerprint density at radius 1 is 0.833 bits per heavy atom. The number of aromatic nitrogens is 4. The zero-order valence-corrected chi connectivity index (χ0v) is 12.8. The van der Waals surface area contributed by atoms with Gasteiger partial charge in [-0.2, -0.15) is 0 Å². The number of nitrogens with zero attached hydrogens (tertiary/aromatic N) is 6. The molecule has 0 N–H and O–H groups in total. The number of aliphatic imine (C=N–C) groups is 1. The van der Waals surface area contributed by atoms with Crippen LogP contribution in [0.1, 0.15) is 5.69 Å². The minimum absolute atomic E-state index is 0.720. The van der Waals surface area contributed by atoms with Gasteiger partial charge in [0.25, 0.3) is 0 Å². The molecular weight excluding hydrogens is 300 g/mol. The fourth-order valence-corrected chi connectivity index (χ4v) is 2.46. The lowest BCUT2D eigenvalue weighted by atomic mass is 10.2. The third-order valence-electron chi connectivity index (χ3n) is 3.62. The molecule has 0 spiro atoms. The maximum atomic E-state index is 4.67. The monoisotopic (exact) mass is 314 g/mol. The smallest absolute Gasteiger partial charge is 0.107 e. The first kappa shape index (κ1) is 14.2. The van der Waals surface area contributed by atoms with Crippen molar-refractivity contribution in [3.63, 3.8) is 0 Å². The van der Waals surface area contributed by atoms with Gasteiger partial charge in [-0.25, -0.2) is 4.98 Å². The van der Waals surface area contributed by atoms with Crippen LogP contribution in [0.4, 0.5) is 5.69 Å². The average Bonchev–Trinajstić information content (AvgIpc) is 2.70. The Hall–Kier alpha value is -3.41. The summed E-state index contributed by atoms with van der Waals surface area (Å²) in [6.45, 7) is 0.720. The molecule has 24 heavy (non-hydrogen) atoms. The molecule has 4 heterocycles. The predicted molar refractivity (Wildman–Crippen MR) is 93.3 cm³/mol. The van der Waals surface area contributed by atoms with Crippen molar-refractivity contribution >= 4 is 17.6 Å². The molecule has 3 aromatic rings. The van der Waals surface area contributed by atoms with E-state index in [4.69, 9.17) is 0 Å². The van der Waals surface area contributed by atoms with Gasteiger partial charge < -0.3 is 4.90 Å². The summed E-state index contributed by atoms with van der Waals surface area (Å²) < 4.78 is 0. The zero-order valence-electron chi connectivity index (χ0n) is 12.8. The van der Waals surface area contributed by atoms with Gasteiger partial charge in [0.05, 0.1) is 24.1 Å². The molecule has 1 aliphatic rings. The summed E-state index contributed by atoms with van der Waals surface area (Å²) in [5.74, 6) is 0. The maximum absolute atomic E-state index is 4.67. The summed E-state index contributed by atoms with van der Waals surface area (Å²) in [5, 5.41) is 0. The third kappa shape index (κ3) is 2.89. The van der Waals surface area contributed by atoms with Gasteiger partial charge >= 0.3 is 0 Å². The van der Waals surface area contributed by atoms with Crippen molar-refractivity contribution in [2.75, 3.05) is 11.4 Å². The molecule has 0 saturated carbocycles. The van der Waals surface area contributed by atoms with E-state index in [1.54, 1.807) is 31.0 Å². The molecule has 116 valence electrons. The molecule has 0 aliphatic carbocycles. The number of pyridine rings is 2. The molecule has 4 rings (SSSR count). The fraction of sp³-hybridized carbons (Fsp3) is 0.0556. The van der Waals surface area contributed by atoms with Crippen molar-refractivity contribution in [3.8, 4) is 11.4 Å². The van der Waals surface area contributed by atoms with Crippen molar-refractivity contribution in [2.24, 2.45) is 4.99 Å². The van der Waals surface area contributed by atoms with Crippen LogP contribution in [0.5, 0.6) is 0 Å². The van der Waals surface area contributed by atoms with E-state index >= 15 is 0 Å². The number of hydrogen-bond donors (Lipinski definition) is 0. The number of anilines is 1. The molecule has 0 atom stereocenters. The van der Waals surface area contributed by atoms with Gasteiger partial charge in [0, 0.05) is 42.9 Å². The minimum Gasteiger partial charge on any atom is -0.340 e. The highest BCUT2D eigenvalue weighted by molar-refractivity contribution is 5.81. The molecule has 0 saturated heterocycles. The van der Waals surface area contributed by atoms with E-state index < -0.39 is 0 Å². The Balaban J connectivity index is 1.68. The first-order valence-corrected chi connectivity index (χ1v) is 7.55. The Labute approximate surface area is 139 Å². The van der Waals surface area contributed by atoms with Crippen LogP contribution >= 0.6 is 0 Å². The highest BCUT2D eigenvalue weighted by Gasteiger charge is 2.12. The topological polar surface area (TPSA) is 67.2 Å². The van der Waals surface area contributed by atoms with E-state index in [1.807, 2.05) is 42.7 Å². The summed E-state index contributed by atoms with van der Waals surface area (Å²) in [4.78, 5) is 23.7. The quantitative estimate of drug-likeness (QED) is 0.743. The number of rotatable bonds is 3. The summed E-state index contributed by atoms with van der Waals surface area (Å²) >= 11 is 0. The fourth-order valence-electron chi connectivity index (χ4n) is 2.46. The standard InChI is InChI=1S/C18H14N6/c1-2-15(17-12-20-8-9-21-17)23-16(3-1)18-13-24(11-10-22-18)14-4-6-19-7-5-14/h1-10,12-13H,11H2. The van der Waals surface area contributed by atoms with Crippen LogP contribution < -0.4 is 4.90 Å². The number of hydrogen-bond acceptors (Lipinski definition) is 6. The van der Waals surface area contributed by atoms with E-state index in [9.17, 15) is 0 Å². The Morgan fingerprint density at radius 3 is 2.54 bits per heavy atom. The average molecular weight is 314 g/mol. The van der Waals surface area contributed by atoms with E-state index in [2.05, 4.69) is 29.8 Å². The van der Waals surface area contributed by atoms with Crippen LogP contribution in [-0.4, -0.2) is 32.7 Å². The SMILES string of the molecule is C1=NC(c2cccc(-c3cnccn3)n2)=CN(c2ccncc2)C1. The molecule has 1 aliphatic heterocycles. The summed E-state index contributed by atoms with van der Waals surface area (Å²) in [6.07, 6.45) is 12.4. The molecule has 0 bridgehead atoms. The molecule has 0 unspecified atom stereocenters. The minimum atomic E-state index is 0.720. The lowest BCUT2D eigenvalue weighted by Crippen LogP contribution is -2.22. The van der Waals surface area contributed by atoms with Crippen molar-refractivity contribution in [1.29, 1.82) is 0 Å². The maximum Gasteiger partial charge on any atom is 0.107 e. The van der Waals surface area contributed by atoms with Crippen LogP contribution in [0.3, 0.4) is 0 Å². The van der Waals surface area contributed by atoms with Crippen molar-refractivity contribution in [1.82, 2.24) is 19.9 Å². The van der Waals surface area contributed by atoms with Crippen molar-refractivity contribution in [2.45, 2.75) is 0 Å². The van der Waals surface area contributed by atoms with Gasteiger partial charge in [0.15, 0.2) is 0 Å². The summed E-state index contributed by atoms with van der Waals surface area (Å²) in [5.41, 5.74) is 4.19. The van der Waals surface area contributed by atoms with Crippen LogP contribution in [0, 0.1) is 0 Å². The van der Waals surface area contributed by atoms with Gasteiger partial charge in [-0.1, -0.05) is 6.07 Å². The van der Waals surface area contributed by atoms with E-state index in [0.29, 0.717) is 0 Å². The van der Waals surface area contributed by atoms with Gasteiger partial charge in [0.2, 0.25) is 0 Å². The Kier molecular flexibility index (Phi) is 3.77. The highest BCUT2D eigenvalue weighted by atomic mass is 15.1. The van der Waals surface area contributed by atoms with Gasteiger partial charge in [-0.05, 0) is 24.3 Å². The van der Waals surface area contributed by atoms with Gasteiger partial charge in [0.1, 0.15) is 11.4 Å². The van der Waals surface area contributed by atoms with Crippen LogP contribution in [0.25, 0.3) is 17.1 Å². The molecule has 0 aromatic carbocycles.